The highest BCUT2D eigenvalue weighted by molar-refractivity contribution is 6.30. The number of pyridine rings is 1. The first-order valence-electron chi connectivity index (χ1n) is 7.96. The Kier molecular flexibility index (Phi) is 3.77. The van der Waals surface area contributed by atoms with Crippen molar-refractivity contribution in [2.24, 2.45) is 7.05 Å². The Balaban J connectivity index is 1.76. The number of benzene rings is 2. The molecule has 0 bridgehead atoms. The number of hydrogen-bond donors (Lipinski definition) is 1. The van der Waals surface area contributed by atoms with Gasteiger partial charge in [-0.1, -0.05) is 29.8 Å². The number of para-hydroxylation sites is 1. The minimum atomic E-state index is -0.525. The van der Waals surface area contributed by atoms with E-state index in [0.29, 0.717) is 21.4 Å². The van der Waals surface area contributed by atoms with Crippen molar-refractivity contribution in [2.75, 3.05) is 0 Å². The fourth-order valence-corrected chi connectivity index (χ4v) is 3.22. The molecule has 0 atom stereocenters. The van der Waals surface area contributed by atoms with E-state index in [4.69, 9.17) is 11.6 Å². The summed E-state index contributed by atoms with van der Waals surface area (Å²) in [7, 11) is 1.63. The van der Waals surface area contributed by atoms with Gasteiger partial charge in [-0.3, -0.25) is 18.6 Å². The first-order chi connectivity index (χ1) is 12.5. The molecule has 2 heterocycles. The molecule has 4 rings (SSSR count). The van der Waals surface area contributed by atoms with Crippen LogP contribution in [0.15, 0.2) is 58.3 Å². The van der Waals surface area contributed by atoms with Crippen molar-refractivity contribution in [3.8, 4) is 0 Å². The summed E-state index contributed by atoms with van der Waals surface area (Å²) in [5.41, 5.74) is 1.27. The minimum absolute atomic E-state index is 0.0627. The number of nitrogens with zero attached hydrogens (tertiary/aromatic N) is 2. The maximum atomic E-state index is 12.8. The second kappa shape index (κ2) is 6.00. The molecule has 0 radical (unpaired) electrons. The number of imidazole rings is 1. The van der Waals surface area contributed by atoms with Gasteiger partial charge in [0.15, 0.2) is 0 Å². The van der Waals surface area contributed by atoms with Crippen LogP contribution in [0.3, 0.4) is 0 Å². The van der Waals surface area contributed by atoms with Crippen molar-refractivity contribution >= 4 is 33.9 Å². The van der Waals surface area contributed by atoms with E-state index in [0.717, 1.165) is 5.56 Å². The smallest absolute Gasteiger partial charge is 0.333 e. The molecule has 4 aromatic rings. The summed E-state index contributed by atoms with van der Waals surface area (Å²) in [6.07, 6.45) is 1.32. The monoisotopic (exact) mass is 367 g/mol. The van der Waals surface area contributed by atoms with Gasteiger partial charge in [-0.25, -0.2) is 4.79 Å². The van der Waals surface area contributed by atoms with E-state index in [9.17, 15) is 14.4 Å². The van der Waals surface area contributed by atoms with Crippen LogP contribution < -0.4 is 16.4 Å². The largest absolute Gasteiger partial charge is 0.348 e. The molecule has 0 spiro atoms. The van der Waals surface area contributed by atoms with Crippen LogP contribution in [-0.2, 0) is 13.6 Å². The molecule has 7 heteroatoms. The molecule has 0 aliphatic rings. The standard InChI is InChI=1S/C19H14ClN3O3/c1-22-15-4-2-3-13-16(15)23(19(22)26)10-14(17(13)24)18(25)21-9-11-5-7-12(20)8-6-11/h2-8,10H,9H2,1H3,(H,21,25). The third kappa shape index (κ3) is 2.46. The fraction of sp³-hybridized carbons (Fsp3) is 0.105. The van der Waals surface area contributed by atoms with Crippen LogP contribution in [0.1, 0.15) is 15.9 Å². The van der Waals surface area contributed by atoms with E-state index in [1.807, 2.05) is 0 Å². The van der Waals surface area contributed by atoms with Gasteiger partial charge in [-0.15, -0.1) is 0 Å². The van der Waals surface area contributed by atoms with Crippen molar-refractivity contribution in [3.05, 3.63) is 85.5 Å². The first kappa shape index (κ1) is 16.4. The molecule has 1 N–H and O–H groups in total. The van der Waals surface area contributed by atoms with Crippen LogP contribution in [0, 0.1) is 0 Å². The lowest BCUT2D eigenvalue weighted by Crippen LogP contribution is -2.30. The molecule has 1 amide bonds. The Morgan fingerprint density at radius 1 is 1.12 bits per heavy atom. The Bertz CT molecular complexity index is 1260. The van der Waals surface area contributed by atoms with E-state index in [1.165, 1.54) is 15.2 Å². The maximum Gasteiger partial charge on any atom is 0.333 e. The van der Waals surface area contributed by atoms with Crippen LogP contribution in [-0.4, -0.2) is 14.9 Å². The quantitative estimate of drug-likeness (QED) is 0.603. The van der Waals surface area contributed by atoms with Crippen LogP contribution in [0.4, 0.5) is 0 Å². The highest BCUT2D eigenvalue weighted by atomic mass is 35.5. The average Bonchev–Trinajstić information content (AvgIpc) is 2.89. The zero-order valence-electron chi connectivity index (χ0n) is 13.8. The van der Waals surface area contributed by atoms with E-state index in [-0.39, 0.29) is 17.8 Å². The summed E-state index contributed by atoms with van der Waals surface area (Å²) in [6.45, 7) is 0.251. The van der Waals surface area contributed by atoms with Gasteiger partial charge in [0.1, 0.15) is 5.56 Å². The zero-order chi connectivity index (χ0) is 18.4. The van der Waals surface area contributed by atoms with E-state index in [1.54, 1.807) is 49.5 Å². The molecule has 26 heavy (non-hydrogen) atoms. The molecule has 0 fully saturated rings. The highest BCUT2D eigenvalue weighted by Crippen LogP contribution is 2.17. The molecule has 0 saturated heterocycles. The predicted octanol–water partition coefficient (Wildman–Crippen LogP) is 2.17. The van der Waals surface area contributed by atoms with Crippen LogP contribution in [0.2, 0.25) is 5.02 Å². The number of rotatable bonds is 3. The number of aromatic nitrogens is 2. The molecular formula is C19H14ClN3O3. The van der Waals surface area contributed by atoms with Crippen molar-refractivity contribution in [1.29, 1.82) is 0 Å². The van der Waals surface area contributed by atoms with Crippen molar-refractivity contribution in [1.82, 2.24) is 14.3 Å². The summed E-state index contributed by atoms with van der Waals surface area (Å²) in [6, 6.07) is 12.1. The molecular weight excluding hydrogens is 354 g/mol. The predicted molar refractivity (Wildman–Crippen MR) is 100 cm³/mol. The minimum Gasteiger partial charge on any atom is -0.348 e. The van der Waals surface area contributed by atoms with Crippen LogP contribution in [0.5, 0.6) is 0 Å². The Morgan fingerprint density at radius 3 is 2.58 bits per heavy atom. The van der Waals surface area contributed by atoms with E-state index in [2.05, 4.69) is 5.32 Å². The maximum absolute atomic E-state index is 12.8. The normalized spacial score (nSPS) is 11.3. The third-order valence-corrected chi connectivity index (χ3v) is 4.72. The first-order valence-corrected chi connectivity index (χ1v) is 8.34. The number of nitrogens with one attached hydrogen (secondary N) is 1. The molecule has 130 valence electrons. The van der Waals surface area contributed by atoms with Crippen molar-refractivity contribution in [3.63, 3.8) is 0 Å². The van der Waals surface area contributed by atoms with Crippen LogP contribution >= 0.6 is 11.6 Å². The van der Waals surface area contributed by atoms with E-state index >= 15 is 0 Å². The average molecular weight is 368 g/mol. The van der Waals surface area contributed by atoms with Gasteiger partial charge >= 0.3 is 5.69 Å². The van der Waals surface area contributed by atoms with Gasteiger partial charge in [0.25, 0.3) is 5.91 Å². The second-order valence-electron chi connectivity index (χ2n) is 6.07. The summed E-state index contributed by atoms with van der Waals surface area (Å²) >= 11 is 5.84. The molecule has 2 aromatic carbocycles. The number of aryl methyl sites for hydroxylation is 1. The highest BCUT2D eigenvalue weighted by Gasteiger charge is 2.19. The lowest BCUT2D eigenvalue weighted by Gasteiger charge is -2.07. The fourth-order valence-electron chi connectivity index (χ4n) is 3.09. The molecule has 2 aromatic heterocycles. The van der Waals surface area contributed by atoms with Crippen molar-refractivity contribution < 1.29 is 4.79 Å². The molecule has 0 aliphatic heterocycles. The van der Waals surface area contributed by atoms with Gasteiger partial charge in [0.05, 0.1) is 11.0 Å². The Labute approximate surface area is 152 Å². The summed E-state index contributed by atoms with van der Waals surface area (Å²) in [5, 5.41) is 3.67. The molecule has 6 nitrogen and oxygen atoms in total. The van der Waals surface area contributed by atoms with Crippen LogP contribution in [0.25, 0.3) is 16.4 Å². The van der Waals surface area contributed by atoms with Crippen molar-refractivity contribution in [2.45, 2.75) is 6.54 Å². The van der Waals surface area contributed by atoms with Gasteiger partial charge in [0, 0.05) is 30.2 Å². The molecule has 0 unspecified atom stereocenters. The van der Waals surface area contributed by atoms with Gasteiger partial charge in [0.2, 0.25) is 5.43 Å². The topological polar surface area (TPSA) is 72.6 Å². The zero-order valence-corrected chi connectivity index (χ0v) is 14.6. The lowest BCUT2D eigenvalue weighted by atomic mass is 10.1. The van der Waals surface area contributed by atoms with Gasteiger partial charge in [-0.05, 0) is 29.8 Å². The Morgan fingerprint density at radius 2 is 1.85 bits per heavy atom. The number of halogens is 1. The number of hydrogen-bond acceptors (Lipinski definition) is 3. The molecule has 0 aliphatic carbocycles. The third-order valence-electron chi connectivity index (χ3n) is 4.47. The van der Waals surface area contributed by atoms with Gasteiger partial charge in [-0.2, -0.15) is 0 Å². The number of carbonyl (C=O) groups is 1. The summed E-state index contributed by atoms with van der Waals surface area (Å²) < 4.78 is 2.81. The summed E-state index contributed by atoms with van der Waals surface area (Å²) in [5.74, 6) is -0.525. The Hall–Kier alpha value is -3.12. The lowest BCUT2D eigenvalue weighted by molar-refractivity contribution is 0.0949. The number of carbonyl (C=O) groups excluding carboxylic acids is 1. The van der Waals surface area contributed by atoms with Gasteiger partial charge < -0.3 is 5.32 Å². The molecule has 0 saturated carbocycles. The second-order valence-corrected chi connectivity index (χ2v) is 6.50. The summed E-state index contributed by atoms with van der Waals surface area (Å²) in [4.78, 5) is 37.7. The number of amides is 1. The van der Waals surface area contributed by atoms with E-state index < -0.39 is 11.3 Å². The SMILES string of the molecule is Cn1c(=O)n2cc(C(=O)NCc3ccc(Cl)cc3)c(=O)c3cccc1c32.